The molecule has 0 amide bonds. The molecule has 0 aliphatic heterocycles. The molecule has 0 bridgehead atoms. The third-order valence-electron chi connectivity index (χ3n) is 4.68. The number of hydrogen-bond acceptors (Lipinski definition) is 2. The van der Waals surface area contributed by atoms with Crippen molar-refractivity contribution in [3.05, 3.63) is 58.7 Å². The fraction of sp³-hybridized carbons (Fsp3) is 0.545. The van der Waals surface area contributed by atoms with Crippen LogP contribution in [0.1, 0.15) is 53.9 Å². The van der Waals surface area contributed by atoms with Gasteiger partial charge in [0, 0.05) is 12.6 Å². The third-order valence-corrected chi connectivity index (χ3v) is 4.68. The molecule has 1 aliphatic carbocycles. The van der Waals surface area contributed by atoms with Gasteiger partial charge in [-0.05, 0) is 56.6 Å². The first-order valence-corrected chi connectivity index (χ1v) is 9.23. The van der Waals surface area contributed by atoms with Crippen LogP contribution in [0.4, 0.5) is 0 Å². The van der Waals surface area contributed by atoms with Gasteiger partial charge < -0.3 is 10.2 Å². The molecule has 1 aliphatic rings. The van der Waals surface area contributed by atoms with Gasteiger partial charge in [0.05, 0.1) is 6.61 Å². The molecule has 0 heterocycles. The van der Waals surface area contributed by atoms with Crippen LogP contribution in [0.15, 0.2) is 58.7 Å². The van der Waals surface area contributed by atoms with E-state index in [1.165, 1.54) is 36.0 Å². The number of allylic oxidation sites excluding steroid dienone is 9. The van der Waals surface area contributed by atoms with E-state index < -0.39 is 6.23 Å². The second kappa shape index (κ2) is 10.5. The van der Waals surface area contributed by atoms with Crippen LogP contribution in [0.3, 0.4) is 0 Å². The molecule has 0 aromatic carbocycles. The van der Waals surface area contributed by atoms with Gasteiger partial charge >= 0.3 is 0 Å². The van der Waals surface area contributed by atoms with Crippen LogP contribution in [0.2, 0.25) is 0 Å². The second-order valence-corrected chi connectivity index (χ2v) is 7.60. The Hall–Kier alpha value is -1.42. The topological polar surface area (TPSA) is 55.2 Å². The summed E-state index contributed by atoms with van der Waals surface area (Å²) in [5, 5.41) is 19.4. The zero-order valence-electron chi connectivity index (χ0n) is 16.5. The number of nitrogens with one attached hydrogen (secondary N) is 1. The summed E-state index contributed by atoms with van der Waals surface area (Å²) >= 11 is 0. The summed E-state index contributed by atoms with van der Waals surface area (Å²) in [4.78, 5) is 0. The summed E-state index contributed by atoms with van der Waals surface area (Å²) < 4.78 is 0. The number of rotatable bonds is 8. The van der Waals surface area contributed by atoms with Crippen LogP contribution in [-0.2, 0) is 0 Å². The Kier molecular flexibility index (Phi) is 9.12. The van der Waals surface area contributed by atoms with Crippen molar-refractivity contribution < 1.29 is 10.2 Å². The van der Waals surface area contributed by atoms with Gasteiger partial charge in [0.2, 0.25) is 6.23 Å². The van der Waals surface area contributed by atoms with Gasteiger partial charge in [0.1, 0.15) is 0 Å². The summed E-state index contributed by atoms with van der Waals surface area (Å²) in [5.74, 6) is 0. The Morgan fingerprint density at radius 2 is 2.00 bits per heavy atom. The lowest BCUT2D eigenvalue weighted by Crippen LogP contribution is -2.29. The third kappa shape index (κ3) is 8.00. The van der Waals surface area contributed by atoms with Crippen LogP contribution in [-0.4, -0.2) is 29.6 Å². The molecule has 3 nitrogen and oxygen atoms in total. The van der Waals surface area contributed by atoms with Crippen LogP contribution < -0.4 is 5.32 Å². The molecule has 0 fully saturated rings. The van der Waals surface area contributed by atoms with Crippen molar-refractivity contribution in [2.24, 2.45) is 5.41 Å². The zero-order chi connectivity index (χ0) is 18.9. The highest BCUT2D eigenvalue weighted by Gasteiger charge is 2.26. The predicted molar refractivity (Wildman–Crippen MR) is 109 cm³/mol. The van der Waals surface area contributed by atoms with Crippen molar-refractivity contribution in [1.82, 2.24) is 5.32 Å². The van der Waals surface area contributed by atoms with Crippen LogP contribution in [0.25, 0.3) is 0 Å². The minimum absolute atomic E-state index is 0.0547. The maximum absolute atomic E-state index is 8.75. The molecule has 0 aromatic rings. The van der Waals surface area contributed by atoms with Crippen molar-refractivity contribution in [3.63, 3.8) is 0 Å². The molecule has 0 saturated carbocycles. The van der Waals surface area contributed by atoms with E-state index in [9.17, 15) is 0 Å². The first-order valence-electron chi connectivity index (χ1n) is 9.23. The Morgan fingerprint density at radius 3 is 2.64 bits per heavy atom. The van der Waals surface area contributed by atoms with E-state index in [0.29, 0.717) is 6.54 Å². The van der Waals surface area contributed by atoms with Gasteiger partial charge in [-0.1, -0.05) is 55.4 Å². The summed E-state index contributed by atoms with van der Waals surface area (Å²) in [6.45, 7) is 11.5. The van der Waals surface area contributed by atoms with Gasteiger partial charge in [-0.2, -0.15) is 0 Å². The van der Waals surface area contributed by atoms with E-state index in [-0.39, 0.29) is 12.0 Å². The molecule has 0 aromatic heterocycles. The lowest BCUT2D eigenvalue weighted by Gasteiger charge is -2.32. The van der Waals surface area contributed by atoms with Crippen LogP contribution >= 0.6 is 0 Å². The minimum Gasteiger partial charge on any atom is -0.428 e. The predicted octanol–water partition coefficient (Wildman–Crippen LogP) is 4.15. The minimum atomic E-state index is -0.481. The Bertz CT molecular complexity index is 577. The maximum atomic E-state index is 8.75. The summed E-state index contributed by atoms with van der Waals surface area (Å²) in [6.07, 6.45) is 15.7. The van der Waals surface area contributed by atoms with Crippen LogP contribution in [0, 0.1) is 5.41 Å². The molecule has 4 N–H and O–H groups in total. The lowest BCUT2D eigenvalue weighted by atomic mass is 9.72. The molecule has 3 heteroatoms. The summed E-state index contributed by atoms with van der Waals surface area (Å²) in [7, 11) is 0. The van der Waals surface area contributed by atoms with Crippen molar-refractivity contribution in [3.8, 4) is 0 Å². The van der Waals surface area contributed by atoms with E-state index >= 15 is 0 Å². The number of aliphatic hydroxyl groups is 1. The second-order valence-electron chi connectivity index (χ2n) is 7.60. The summed E-state index contributed by atoms with van der Waals surface area (Å²) in [5.41, 5.74) is 5.53. The fourth-order valence-corrected chi connectivity index (χ4v) is 3.23. The highest BCUT2D eigenvalue weighted by Crippen LogP contribution is 2.40. The van der Waals surface area contributed by atoms with Crippen molar-refractivity contribution in [2.45, 2.75) is 60.1 Å². The van der Waals surface area contributed by atoms with Crippen molar-refractivity contribution in [2.75, 3.05) is 13.2 Å². The molecule has 1 rings (SSSR count). The molecule has 0 radical (unpaired) electrons. The standard InChI is InChI=1S/C22H35NO2/c1-17(8-6-9-18(2)16-21(25)23-14-15-24)11-12-20-19(3)10-7-13-22(20,4)5/h6,8-9,11-12,16,21,23-25H,7,10,13-15H2,1-5H3/p+1/b9-6+,12-11+,17-8+,18-16+. The molecular formula is C22H36NO2+. The fourth-order valence-electron chi connectivity index (χ4n) is 3.23. The molecule has 1 unspecified atom stereocenters. The first kappa shape index (κ1) is 21.6. The van der Waals surface area contributed by atoms with Crippen molar-refractivity contribution >= 4 is 0 Å². The van der Waals surface area contributed by atoms with Gasteiger partial charge in [-0.3, -0.25) is 0 Å². The van der Waals surface area contributed by atoms with E-state index in [0.717, 1.165) is 5.57 Å². The molecule has 140 valence electrons. The first-order chi connectivity index (χ1) is 11.8. The Balaban J connectivity index is 2.68. The average Bonchev–Trinajstić information content (AvgIpc) is 2.51. The van der Waals surface area contributed by atoms with E-state index in [1.54, 1.807) is 0 Å². The van der Waals surface area contributed by atoms with E-state index in [2.05, 4.69) is 51.2 Å². The Morgan fingerprint density at radius 1 is 1.28 bits per heavy atom. The Labute approximate surface area is 153 Å². The number of aliphatic hydroxyl groups excluding tert-OH is 1. The van der Waals surface area contributed by atoms with Gasteiger partial charge in [0.25, 0.3) is 0 Å². The molecule has 0 saturated heterocycles. The highest BCUT2D eigenvalue weighted by atomic mass is 16.3. The largest absolute Gasteiger partial charge is 0.428 e. The molecule has 0 spiro atoms. The summed E-state index contributed by atoms with van der Waals surface area (Å²) in [6, 6.07) is 0. The zero-order valence-corrected chi connectivity index (χ0v) is 16.5. The average molecular weight is 347 g/mol. The molecular weight excluding hydrogens is 310 g/mol. The SMILES string of the molecule is CC1=C(/C=C/C(C)=C/C=C/C(C)=C/C([OH2+])NCCO)C(C)(C)CCC1. The van der Waals surface area contributed by atoms with E-state index in [4.69, 9.17) is 10.2 Å². The quantitative estimate of drug-likeness (QED) is 0.394. The van der Waals surface area contributed by atoms with Gasteiger partial charge in [-0.15, -0.1) is 0 Å². The molecule has 25 heavy (non-hydrogen) atoms. The molecule has 1 atom stereocenters. The van der Waals surface area contributed by atoms with Crippen LogP contribution in [0.5, 0.6) is 0 Å². The highest BCUT2D eigenvalue weighted by molar-refractivity contribution is 5.37. The maximum Gasteiger partial charge on any atom is 0.231 e. The monoisotopic (exact) mass is 346 g/mol. The van der Waals surface area contributed by atoms with Gasteiger partial charge in [-0.25, -0.2) is 5.32 Å². The smallest absolute Gasteiger partial charge is 0.231 e. The van der Waals surface area contributed by atoms with Gasteiger partial charge in [0.15, 0.2) is 0 Å². The lowest BCUT2D eigenvalue weighted by molar-refractivity contribution is 0.170. The normalized spacial score (nSPS) is 20.8. The van der Waals surface area contributed by atoms with E-state index in [1.807, 2.05) is 25.2 Å². The van der Waals surface area contributed by atoms with Crippen molar-refractivity contribution in [1.29, 1.82) is 0 Å². The number of hydrogen-bond donors (Lipinski definition) is 2.